The largest absolute Gasteiger partial charge is 0.448 e. The molecule has 0 atom stereocenters. The molecule has 2 aliphatic heterocycles. The van der Waals surface area contributed by atoms with Crippen LogP contribution in [-0.2, 0) is 12.8 Å². The minimum Gasteiger partial charge on any atom is -0.448 e. The third kappa shape index (κ3) is 3.83. The summed E-state index contributed by atoms with van der Waals surface area (Å²) in [5, 5.41) is 20.1. The molecule has 178 valence electrons. The van der Waals surface area contributed by atoms with Gasteiger partial charge in [0, 0.05) is 36.8 Å². The van der Waals surface area contributed by atoms with Crippen molar-refractivity contribution in [3.8, 4) is 23.0 Å². The van der Waals surface area contributed by atoms with Gasteiger partial charge in [-0.15, -0.1) is 0 Å². The van der Waals surface area contributed by atoms with Crippen LogP contribution in [0.2, 0.25) is 0 Å². The van der Waals surface area contributed by atoms with Gasteiger partial charge in [-0.25, -0.2) is 0 Å². The van der Waals surface area contributed by atoms with E-state index >= 15 is 0 Å². The molecule has 0 amide bonds. The van der Waals surface area contributed by atoms with Gasteiger partial charge in [-0.3, -0.25) is 0 Å². The number of fused-ring (bicyclic) bond motifs is 2. The zero-order valence-corrected chi connectivity index (χ0v) is 19.6. The summed E-state index contributed by atoms with van der Waals surface area (Å²) in [4.78, 5) is 0. The highest BCUT2D eigenvalue weighted by molar-refractivity contribution is 5.69. The molecule has 6 nitrogen and oxygen atoms in total. The second-order valence-electron chi connectivity index (χ2n) is 10.2. The van der Waals surface area contributed by atoms with Crippen LogP contribution in [0.15, 0.2) is 0 Å². The van der Waals surface area contributed by atoms with Crippen molar-refractivity contribution in [3.63, 3.8) is 0 Å². The Kier molecular flexibility index (Phi) is 5.95. The minimum atomic E-state index is -0.675. The number of aliphatic hydroxyl groups is 2. The zero-order chi connectivity index (χ0) is 22.3. The Morgan fingerprint density at radius 2 is 0.938 bits per heavy atom. The molecule has 0 aromatic heterocycles. The van der Waals surface area contributed by atoms with E-state index in [0.717, 1.165) is 72.6 Å². The van der Waals surface area contributed by atoms with E-state index < -0.39 is 11.6 Å². The normalized spacial score (nSPS) is 23.4. The second kappa shape index (κ2) is 8.60. The zero-order valence-electron chi connectivity index (χ0n) is 19.6. The molecule has 4 aliphatic rings. The molecule has 1 aromatic rings. The summed E-state index contributed by atoms with van der Waals surface area (Å²) < 4.78 is 26.6. The van der Waals surface area contributed by atoms with Crippen LogP contribution in [0.3, 0.4) is 0 Å². The maximum atomic E-state index is 10.0. The summed E-state index contributed by atoms with van der Waals surface area (Å²) in [7, 11) is 0. The maximum absolute atomic E-state index is 10.0. The molecule has 2 spiro atoms. The Hall–Kier alpha value is -1.66. The van der Waals surface area contributed by atoms with Gasteiger partial charge in [-0.05, 0) is 51.4 Å². The molecule has 0 bridgehead atoms. The first-order chi connectivity index (χ1) is 15.5. The monoisotopic (exact) mass is 446 g/mol. The van der Waals surface area contributed by atoms with E-state index in [1.165, 1.54) is 0 Å². The van der Waals surface area contributed by atoms with Crippen LogP contribution in [0, 0.1) is 0 Å². The van der Waals surface area contributed by atoms with Crippen molar-refractivity contribution in [2.45, 2.75) is 128 Å². The van der Waals surface area contributed by atoms with E-state index in [-0.39, 0.29) is 12.2 Å². The lowest BCUT2D eigenvalue weighted by molar-refractivity contribution is -0.127. The van der Waals surface area contributed by atoms with Gasteiger partial charge in [0.1, 0.15) is 0 Å². The quantitative estimate of drug-likeness (QED) is 0.627. The molecule has 6 heteroatoms. The second-order valence-corrected chi connectivity index (χ2v) is 10.2. The van der Waals surface area contributed by atoms with E-state index in [4.69, 9.17) is 18.9 Å². The van der Waals surface area contributed by atoms with Crippen molar-refractivity contribution in [1.29, 1.82) is 0 Å². The van der Waals surface area contributed by atoms with Crippen molar-refractivity contribution in [1.82, 2.24) is 0 Å². The fourth-order valence-corrected chi connectivity index (χ4v) is 5.63. The lowest BCUT2D eigenvalue weighted by Crippen LogP contribution is -2.44. The summed E-state index contributed by atoms with van der Waals surface area (Å²) >= 11 is 0. The van der Waals surface area contributed by atoms with Crippen molar-refractivity contribution in [3.05, 3.63) is 11.1 Å². The number of ether oxygens (including phenoxy) is 4. The molecule has 0 saturated heterocycles. The number of benzene rings is 1. The van der Waals surface area contributed by atoms with Crippen molar-refractivity contribution in [2.24, 2.45) is 0 Å². The van der Waals surface area contributed by atoms with E-state index in [1.807, 2.05) is 0 Å². The van der Waals surface area contributed by atoms with Crippen LogP contribution in [0.4, 0.5) is 0 Å². The molecule has 2 saturated carbocycles. The van der Waals surface area contributed by atoms with Gasteiger partial charge in [0.25, 0.3) is 11.6 Å². The highest BCUT2D eigenvalue weighted by Gasteiger charge is 2.52. The van der Waals surface area contributed by atoms with E-state index in [2.05, 4.69) is 13.8 Å². The van der Waals surface area contributed by atoms with Crippen molar-refractivity contribution < 1.29 is 29.2 Å². The summed E-state index contributed by atoms with van der Waals surface area (Å²) in [6.07, 6.45) is 11.0. The fourth-order valence-electron chi connectivity index (χ4n) is 5.63. The van der Waals surface area contributed by atoms with Gasteiger partial charge in [0.05, 0.1) is 12.2 Å². The highest BCUT2D eigenvalue weighted by atomic mass is 16.7. The molecule has 2 fully saturated rings. The predicted molar refractivity (Wildman–Crippen MR) is 121 cm³/mol. The molecule has 1 aromatic carbocycles. The summed E-state index contributed by atoms with van der Waals surface area (Å²) in [6, 6.07) is 0. The molecular formula is C26H38O6. The van der Waals surface area contributed by atoms with Crippen LogP contribution in [0.25, 0.3) is 0 Å². The predicted octanol–water partition coefficient (Wildman–Crippen LogP) is 5.18. The van der Waals surface area contributed by atoms with Crippen LogP contribution in [-0.4, -0.2) is 34.0 Å². The van der Waals surface area contributed by atoms with Crippen LogP contribution in [0.5, 0.6) is 23.0 Å². The average molecular weight is 447 g/mol. The SMILES string of the molecule is CCCCc1c2c(c(CCCC)c3c1OC1(CCC(O)CC1)O3)OC1(CCC(O)CC1)O2. The average Bonchev–Trinajstić information content (AvgIpc) is 3.34. The fraction of sp³-hybridized carbons (Fsp3) is 0.769. The number of aliphatic hydroxyl groups excluding tert-OH is 2. The number of rotatable bonds is 6. The van der Waals surface area contributed by atoms with Crippen molar-refractivity contribution in [2.75, 3.05) is 0 Å². The minimum absolute atomic E-state index is 0.270. The topological polar surface area (TPSA) is 77.4 Å². The first kappa shape index (κ1) is 22.1. The van der Waals surface area contributed by atoms with Crippen LogP contribution >= 0.6 is 0 Å². The van der Waals surface area contributed by atoms with E-state index in [1.54, 1.807) is 0 Å². The molecule has 2 heterocycles. The Labute approximate surface area is 191 Å². The van der Waals surface area contributed by atoms with Gasteiger partial charge in [0.2, 0.25) is 0 Å². The molecule has 2 N–H and O–H groups in total. The Morgan fingerprint density at radius 1 is 0.625 bits per heavy atom. The van der Waals surface area contributed by atoms with Gasteiger partial charge < -0.3 is 29.2 Å². The van der Waals surface area contributed by atoms with E-state index in [0.29, 0.717) is 51.4 Å². The summed E-state index contributed by atoms with van der Waals surface area (Å²) in [5.74, 6) is 2.02. The maximum Gasteiger partial charge on any atom is 0.251 e. The number of hydrogen-bond acceptors (Lipinski definition) is 6. The molecular weight excluding hydrogens is 408 g/mol. The standard InChI is InChI=1S/C26H38O6/c1-3-5-7-19-21-23(31-25(29-21)13-9-17(27)10-14-25)20(8-6-4-2)24-22(19)30-26(32-24)15-11-18(28)12-16-26/h17-18,27-28H,3-16H2,1-2H3. The first-order valence-electron chi connectivity index (χ1n) is 12.8. The molecule has 5 rings (SSSR count). The smallest absolute Gasteiger partial charge is 0.251 e. The lowest BCUT2D eigenvalue weighted by atomic mass is 9.92. The summed E-state index contributed by atoms with van der Waals surface area (Å²) in [5.41, 5.74) is 2.14. The molecule has 32 heavy (non-hydrogen) atoms. The van der Waals surface area contributed by atoms with Gasteiger partial charge >= 0.3 is 0 Å². The third-order valence-corrected chi connectivity index (χ3v) is 7.66. The Morgan fingerprint density at radius 3 is 1.22 bits per heavy atom. The Bertz CT molecular complexity index is 723. The molecule has 0 radical (unpaired) electrons. The highest BCUT2D eigenvalue weighted by Crippen LogP contribution is 2.60. The third-order valence-electron chi connectivity index (χ3n) is 7.66. The van der Waals surface area contributed by atoms with Gasteiger partial charge in [-0.2, -0.15) is 0 Å². The lowest BCUT2D eigenvalue weighted by Gasteiger charge is -2.34. The molecule has 0 unspecified atom stereocenters. The number of unbranched alkanes of at least 4 members (excludes halogenated alkanes) is 2. The molecule has 2 aliphatic carbocycles. The van der Waals surface area contributed by atoms with E-state index in [9.17, 15) is 10.2 Å². The van der Waals surface area contributed by atoms with Gasteiger partial charge in [0.15, 0.2) is 23.0 Å². The van der Waals surface area contributed by atoms with Gasteiger partial charge in [-0.1, -0.05) is 26.7 Å². The van der Waals surface area contributed by atoms with Crippen LogP contribution in [0.1, 0.15) is 102 Å². The Balaban J connectivity index is 1.56. The number of hydrogen-bond donors (Lipinski definition) is 2. The first-order valence-corrected chi connectivity index (χ1v) is 12.8. The van der Waals surface area contributed by atoms with Crippen molar-refractivity contribution >= 4 is 0 Å². The summed E-state index contributed by atoms with van der Waals surface area (Å²) in [6.45, 7) is 4.39. The van der Waals surface area contributed by atoms with Crippen LogP contribution < -0.4 is 18.9 Å².